The second-order valence-corrected chi connectivity index (χ2v) is 8.17. The van der Waals surface area contributed by atoms with Crippen LogP contribution in [0.15, 0.2) is 30.6 Å². The van der Waals surface area contributed by atoms with Gasteiger partial charge >= 0.3 is 0 Å². The van der Waals surface area contributed by atoms with Gasteiger partial charge in [0.05, 0.1) is 5.52 Å². The van der Waals surface area contributed by atoms with Crippen molar-refractivity contribution < 1.29 is 4.79 Å². The molecule has 1 amide bonds. The van der Waals surface area contributed by atoms with Gasteiger partial charge < -0.3 is 9.47 Å². The predicted octanol–water partition coefficient (Wildman–Crippen LogP) is 2.81. The molecule has 146 valence electrons. The zero-order chi connectivity index (χ0) is 19.1. The fourth-order valence-electron chi connectivity index (χ4n) is 4.41. The third-order valence-corrected chi connectivity index (χ3v) is 6.15. The van der Waals surface area contributed by atoms with E-state index < -0.39 is 0 Å². The first kappa shape index (κ1) is 17.4. The lowest BCUT2D eigenvalue weighted by Gasteiger charge is -2.24. The van der Waals surface area contributed by atoms with Gasteiger partial charge in [0.1, 0.15) is 12.2 Å². The van der Waals surface area contributed by atoms with Gasteiger partial charge in [0, 0.05) is 38.0 Å². The summed E-state index contributed by atoms with van der Waals surface area (Å²) in [7, 11) is 1.90. The number of fused-ring (bicyclic) bond motifs is 1. The molecule has 0 spiro atoms. The van der Waals surface area contributed by atoms with E-state index in [1.165, 1.54) is 12.8 Å². The predicted molar refractivity (Wildman–Crippen MR) is 106 cm³/mol. The molecule has 1 atom stereocenters. The number of hydrogen-bond acceptors (Lipinski definition) is 4. The number of hydrogen-bond donors (Lipinski definition) is 0. The summed E-state index contributed by atoms with van der Waals surface area (Å²) in [5, 5.41) is 13.9. The van der Waals surface area contributed by atoms with Crippen molar-refractivity contribution in [1.82, 2.24) is 29.4 Å². The van der Waals surface area contributed by atoms with E-state index in [-0.39, 0.29) is 11.9 Å². The zero-order valence-electron chi connectivity index (χ0n) is 16.3. The molecule has 5 rings (SSSR count). The van der Waals surface area contributed by atoms with Crippen LogP contribution in [0, 0.1) is 5.92 Å². The van der Waals surface area contributed by atoms with Crippen LogP contribution in [-0.2, 0) is 20.0 Å². The average molecular weight is 378 g/mol. The van der Waals surface area contributed by atoms with E-state index in [1.807, 2.05) is 42.5 Å². The Morgan fingerprint density at radius 1 is 1.21 bits per heavy atom. The van der Waals surface area contributed by atoms with Crippen molar-refractivity contribution in [3.05, 3.63) is 42.1 Å². The van der Waals surface area contributed by atoms with Gasteiger partial charge in [-0.2, -0.15) is 5.10 Å². The van der Waals surface area contributed by atoms with Crippen molar-refractivity contribution in [2.75, 3.05) is 6.54 Å². The van der Waals surface area contributed by atoms with Gasteiger partial charge in [-0.3, -0.25) is 9.48 Å². The number of para-hydroxylation sites is 1. The molecule has 2 fully saturated rings. The smallest absolute Gasteiger partial charge is 0.275 e. The molecule has 0 N–H and O–H groups in total. The van der Waals surface area contributed by atoms with E-state index in [0.29, 0.717) is 5.69 Å². The standard InChI is InChI=1S/C21H26N6O/c1-25-18-7-3-2-6-17(18)20(24-25)21(28)27-12-4-5-16(27)10-11-19-23-22-14-26(19)13-15-8-9-15/h2-3,6-7,14-16H,4-5,8-13H2,1H3. The number of carbonyl (C=O) groups is 1. The molecule has 0 radical (unpaired) electrons. The Morgan fingerprint density at radius 2 is 2.07 bits per heavy atom. The van der Waals surface area contributed by atoms with Gasteiger partial charge in [-0.1, -0.05) is 18.2 Å². The maximum atomic E-state index is 13.3. The molecule has 0 bridgehead atoms. The second kappa shape index (κ2) is 7.04. The van der Waals surface area contributed by atoms with Gasteiger partial charge in [-0.15, -0.1) is 10.2 Å². The summed E-state index contributed by atoms with van der Waals surface area (Å²) in [4.78, 5) is 15.3. The lowest BCUT2D eigenvalue weighted by molar-refractivity contribution is 0.0725. The van der Waals surface area contributed by atoms with Crippen LogP contribution in [0.3, 0.4) is 0 Å². The highest BCUT2D eigenvalue weighted by Gasteiger charge is 2.32. The highest BCUT2D eigenvalue weighted by Crippen LogP contribution is 2.31. The van der Waals surface area contributed by atoms with Crippen molar-refractivity contribution in [3.8, 4) is 0 Å². The van der Waals surface area contributed by atoms with Crippen molar-refractivity contribution in [3.63, 3.8) is 0 Å². The Kier molecular flexibility index (Phi) is 4.37. The van der Waals surface area contributed by atoms with Gasteiger partial charge in [0.25, 0.3) is 5.91 Å². The highest BCUT2D eigenvalue weighted by atomic mass is 16.2. The number of aryl methyl sites for hydroxylation is 2. The number of benzene rings is 1. The molecular formula is C21H26N6O. The third-order valence-electron chi connectivity index (χ3n) is 6.15. The van der Waals surface area contributed by atoms with E-state index in [4.69, 9.17) is 0 Å². The van der Waals surface area contributed by atoms with Crippen LogP contribution in [-0.4, -0.2) is 47.9 Å². The number of likely N-dealkylation sites (tertiary alicyclic amines) is 1. The van der Waals surface area contributed by atoms with Crippen molar-refractivity contribution >= 4 is 16.8 Å². The van der Waals surface area contributed by atoms with Crippen molar-refractivity contribution in [2.45, 2.75) is 51.1 Å². The van der Waals surface area contributed by atoms with E-state index in [2.05, 4.69) is 19.9 Å². The van der Waals surface area contributed by atoms with Crippen molar-refractivity contribution in [1.29, 1.82) is 0 Å². The molecule has 3 aromatic rings. The number of amides is 1. The van der Waals surface area contributed by atoms with Crippen LogP contribution in [0.2, 0.25) is 0 Å². The molecule has 1 aliphatic heterocycles. The summed E-state index contributed by atoms with van der Waals surface area (Å²) >= 11 is 0. The average Bonchev–Trinajstić information content (AvgIpc) is 3.09. The summed E-state index contributed by atoms with van der Waals surface area (Å²) in [5.74, 6) is 1.91. The van der Waals surface area contributed by atoms with Gasteiger partial charge in [-0.05, 0) is 44.1 Å². The van der Waals surface area contributed by atoms with E-state index in [0.717, 1.165) is 61.4 Å². The number of carbonyl (C=O) groups excluding carboxylic acids is 1. The molecule has 7 heteroatoms. The fraction of sp³-hybridized carbons (Fsp3) is 0.524. The third kappa shape index (κ3) is 3.19. The zero-order valence-corrected chi connectivity index (χ0v) is 16.3. The molecule has 1 saturated heterocycles. The van der Waals surface area contributed by atoms with Gasteiger partial charge in [0.15, 0.2) is 5.69 Å². The first-order chi connectivity index (χ1) is 13.7. The number of nitrogens with zero attached hydrogens (tertiary/aromatic N) is 6. The molecule has 1 unspecified atom stereocenters. The lowest BCUT2D eigenvalue weighted by Crippen LogP contribution is -2.36. The minimum absolute atomic E-state index is 0.0544. The van der Waals surface area contributed by atoms with Gasteiger partial charge in [-0.25, -0.2) is 0 Å². The first-order valence-electron chi connectivity index (χ1n) is 10.3. The Balaban J connectivity index is 1.31. The Morgan fingerprint density at radius 3 is 2.93 bits per heavy atom. The molecule has 1 saturated carbocycles. The summed E-state index contributed by atoms with van der Waals surface area (Å²) in [6.45, 7) is 1.85. The molecule has 2 aromatic heterocycles. The maximum absolute atomic E-state index is 13.3. The molecule has 7 nitrogen and oxygen atoms in total. The minimum atomic E-state index is 0.0544. The Hall–Kier alpha value is -2.70. The van der Waals surface area contributed by atoms with Crippen LogP contribution >= 0.6 is 0 Å². The molecule has 28 heavy (non-hydrogen) atoms. The molecule has 2 aliphatic rings. The summed E-state index contributed by atoms with van der Waals surface area (Å²) in [6, 6.07) is 8.19. The van der Waals surface area contributed by atoms with E-state index in [1.54, 1.807) is 4.68 Å². The topological polar surface area (TPSA) is 68.8 Å². The quantitative estimate of drug-likeness (QED) is 0.661. The Labute approximate surface area is 164 Å². The normalized spacial score (nSPS) is 19.6. The molecule has 1 aromatic carbocycles. The molecular weight excluding hydrogens is 352 g/mol. The Bertz CT molecular complexity index is 1000. The van der Waals surface area contributed by atoms with Gasteiger partial charge in [0.2, 0.25) is 0 Å². The first-order valence-corrected chi connectivity index (χ1v) is 10.3. The monoisotopic (exact) mass is 378 g/mol. The number of aromatic nitrogens is 5. The second-order valence-electron chi connectivity index (χ2n) is 8.17. The number of rotatable bonds is 6. The maximum Gasteiger partial charge on any atom is 0.275 e. The van der Waals surface area contributed by atoms with Crippen LogP contribution in [0.5, 0.6) is 0 Å². The minimum Gasteiger partial charge on any atom is -0.334 e. The summed E-state index contributed by atoms with van der Waals surface area (Å²) in [6.07, 6.45) is 8.39. The molecule has 3 heterocycles. The van der Waals surface area contributed by atoms with Crippen molar-refractivity contribution in [2.24, 2.45) is 13.0 Å². The summed E-state index contributed by atoms with van der Waals surface area (Å²) in [5.41, 5.74) is 1.57. The lowest BCUT2D eigenvalue weighted by atomic mass is 10.1. The highest BCUT2D eigenvalue weighted by molar-refractivity contribution is 6.05. The van der Waals surface area contributed by atoms with E-state index in [9.17, 15) is 4.79 Å². The largest absolute Gasteiger partial charge is 0.334 e. The SMILES string of the molecule is Cn1nc(C(=O)N2CCCC2CCc2nncn2CC2CC2)c2ccccc21. The van der Waals surface area contributed by atoms with Crippen LogP contribution in [0.25, 0.3) is 10.9 Å². The van der Waals surface area contributed by atoms with Crippen LogP contribution < -0.4 is 0 Å². The van der Waals surface area contributed by atoms with Crippen LogP contribution in [0.4, 0.5) is 0 Å². The molecule has 1 aliphatic carbocycles. The fourth-order valence-corrected chi connectivity index (χ4v) is 4.41. The van der Waals surface area contributed by atoms with Crippen LogP contribution in [0.1, 0.15) is 48.4 Å². The van der Waals surface area contributed by atoms with E-state index >= 15 is 0 Å². The summed E-state index contributed by atoms with van der Waals surface area (Å²) < 4.78 is 4.00.